The van der Waals surface area contributed by atoms with Gasteiger partial charge in [0.1, 0.15) is 0 Å². The number of rotatable bonds is 6. The fourth-order valence-corrected chi connectivity index (χ4v) is 3.46. The number of piperidine rings is 1. The Morgan fingerprint density at radius 1 is 1.26 bits per heavy atom. The summed E-state index contributed by atoms with van der Waals surface area (Å²) in [4.78, 5) is 12.7. The summed E-state index contributed by atoms with van der Waals surface area (Å²) in [7, 11) is 1.71. The van der Waals surface area contributed by atoms with Gasteiger partial charge in [-0.1, -0.05) is 22.9 Å². The lowest BCUT2D eigenvalue weighted by molar-refractivity contribution is 0.0510. The molecule has 1 aliphatic heterocycles. The third kappa shape index (κ3) is 4.86. The Balaban J connectivity index is 0.00000261. The molecule has 3 rings (SSSR count). The van der Waals surface area contributed by atoms with E-state index in [2.05, 4.69) is 20.9 Å². The highest BCUT2D eigenvalue weighted by atomic mass is 35.5. The van der Waals surface area contributed by atoms with Gasteiger partial charge in [-0.2, -0.15) is 0 Å². The van der Waals surface area contributed by atoms with Crippen LogP contribution in [0.3, 0.4) is 0 Å². The van der Waals surface area contributed by atoms with Crippen molar-refractivity contribution in [1.82, 2.24) is 25.6 Å². The fourth-order valence-electron chi connectivity index (χ4n) is 3.46. The lowest BCUT2D eigenvalue weighted by Crippen LogP contribution is -2.47. The molecular formula is C19H28ClN5O2. The molecule has 1 fully saturated rings. The summed E-state index contributed by atoms with van der Waals surface area (Å²) in [5, 5.41) is 14.7. The Bertz CT molecular complexity index is 748. The highest BCUT2D eigenvalue weighted by molar-refractivity contribution is 5.93. The number of carbonyl (C=O) groups excluding carboxylic acids is 1. The molecule has 27 heavy (non-hydrogen) atoms. The molecule has 0 unspecified atom stereocenters. The molecule has 0 spiro atoms. The fraction of sp³-hybridized carbons (Fsp3) is 0.526. The predicted molar refractivity (Wildman–Crippen MR) is 107 cm³/mol. The summed E-state index contributed by atoms with van der Waals surface area (Å²) in [6.07, 6.45) is 1.96. The number of amides is 1. The number of aromatic nitrogens is 3. The summed E-state index contributed by atoms with van der Waals surface area (Å²) < 4.78 is 7.11. The van der Waals surface area contributed by atoms with E-state index in [4.69, 9.17) is 4.74 Å². The molecule has 1 aromatic carbocycles. The SMILES string of the molecule is COCC1(CNC(=O)c2nnn(-c3ccc(C)cc3)c2C)CCNCC1.Cl. The lowest BCUT2D eigenvalue weighted by Gasteiger charge is -2.37. The largest absolute Gasteiger partial charge is 0.384 e. The van der Waals surface area contributed by atoms with Gasteiger partial charge in [-0.15, -0.1) is 17.5 Å². The molecule has 7 nitrogen and oxygen atoms in total. The number of methoxy groups -OCH3 is 1. The van der Waals surface area contributed by atoms with Gasteiger partial charge in [0, 0.05) is 19.1 Å². The minimum absolute atomic E-state index is 0. The van der Waals surface area contributed by atoms with Crippen molar-refractivity contribution in [2.75, 3.05) is 33.4 Å². The summed E-state index contributed by atoms with van der Waals surface area (Å²) in [6, 6.07) is 7.98. The van der Waals surface area contributed by atoms with Crippen LogP contribution in [0, 0.1) is 19.3 Å². The van der Waals surface area contributed by atoms with Crippen molar-refractivity contribution >= 4 is 18.3 Å². The van der Waals surface area contributed by atoms with Gasteiger partial charge in [-0.25, -0.2) is 4.68 Å². The standard InChI is InChI=1S/C19H27N5O2.ClH/c1-14-4-6-16(7-5-14)24-15(2)17(22-23-24)18(25)21-12-19(13-26-3)8-10-20-11-9-19;/h4-7,20H,8-13H2,1-3H3,(H,21,25);1H. The van der Waals surface area contributed by atoms with Crippen LogP contribution in [0.5, 0.6) is 0 Å². The van der Waals surface area contributed by atoms with E-state index in [-0.39, 0.29) is 23.7 Å². The van der Waals surface area contributed by atoms with Crippen LogP contribution in [0.1, 0.15) is 34.6 Å². The van der Waals surface area contributed by atoms with Crippen LogP contribution in [0.2, 0.25) is 0 Å². The van der Waals surface area contributed by atoms with Gasteiger partial charge >= 0.3 is 0 Å². The minimum atomic E-state index is -0.185. The zero-order valence-corrected chi connectivity index (χ0v) is 16.9. The van der Waals surface area contributed by atoms with Crippen molar-refractivity contribution in [1.29, 1.82) is 0 Å². The Labute approximate surface area is 166 Å². The topological polar surface area (TPSA) is 81.1 Å². The maximum absolute atomic E-state index is 12.7. The van der Waals surface area contributed by atoms with E-state index in [9.17, 15) is 4.79 Å². The van der Waals surface area contributed by atoms with Crippen LogP contribution in [0.4, 0.5) is 0 Å². The number of benzene rings is 1. The number of nitrogens with one attached hydrogen (secondary N) is 2. The molecule has 0 atom stereocenters. The molecule has 1 aliphatic rings. The summed E-state index contributed by atoms with van der Waals surface area (Å²) >= 11 is 0. The molecule has 1 saturated heterocycles. The van der Waals surface area contributed by atoms with E-state index in [1.54, 1.807) is 11.8 Å². The number of nitrogens with zero attached hydrogens (tertiary/aromatic N) is 3. The Hall–Kier alpha value is -1.96. The molecule has 8 heteroatoms. The second kappa shape index (κ2) is 9.30. The highest BCUT2D eigenvalue weighted by Gasteiger charge is 2.33. The Morgan fingerprint density at radius 2 is 1.93 bits per heavy atom. The van der Waals surface area contributed by atoms with Crippen LogP contribution in [0.15, 0.2) is 24.3 Å². The lowest BCUT2D eigenvalue weighted by atomic mass is 9.79. The molecule has 2 N–H and O–H groups in total. The first kappa shape index (κ1) is 21.3. The first-order chi connectivity index (χ1) is 12.5. The molecule has 0 radical (unpaired) electrons. The normalized spacial score (nSPS) is 15.8. The van der Waals surface area contributed by atoms with E-state index >= 15 is 0 Å². The van der Waals surface area contributed by atoms with Crippen LogP contribution in [-0.4, -0.2) is 54.3 Å². The minimum Gasteiger partial charge on any atom is -0.384 e. The smallest absolute Gasteiger partial charge is 0.273 e. The van der Waals surface area contributed by atoms with Crippen LogP contribution >= 0.6 is 12.4 Å². The quantitative estimate of drug-likeness (QED) is 0.785. The van der Waals surface area contributed by atoms with Gasteiger partial charge < -0.3 is 15.4 Å². The van der Waals surface area contributed by atoms with Gasteiger partial charge in [-0.05, 0) is 51.9 Å². The van der Waals surface area contributed by atoms with Crippen molar-refractivity contribution in [2.24, 2.45) is 5.41 Å². The zero-order valence-electron chi connectivity index (χ0n) is 16.1. The van der Waals surface area contributed by atoms with Crippen LogP contribution in [-0.2, 0) is 4.74 Å². The number of hydrogen-bond donors (Lipinski definition) is 2. The summed E-state index contributed by atoms with van der Waals surface area (Å²) in [5.41, 5.74) is 3.16. The maximum atomic E-state index is 12.7. The predicted octanol–water partition coefficient (Wildman–Crippen LogP) is 2.05. The van der Waals surface area contributed by atoms with Gasteiger partial charge in [0.05, 0.1) is 18.0 Å². The third-order valence-electron chi connectivity index (χ3n) is 5.13. The van der Waals surface area contributed by atoms with Gasteiger partial charge in [0.15, 0.2) is 5.69 Å². The van der Waals surface area contributed by atoms with Gasteiger partial charge in [0.2, 0.25) is 0 Å². The molecule has 2 aromatic rings. The summed E-state index contributed by atoms with van der Waals surface area (Å²) in [6.45, 7) is 7.02. The highest BCUT2D eigenvalue weighted by Crippen LogP contribution is 2.28. The van der Waals surface area contributed by atoms with Gasteiger partial charge in [-0.3, -0.25) is 4.79 Å². The molecule has 1 amide bonds. The molecule has 1 aromatic heterocycles. The van der Waals surface area contributed by atoms with Gasteiger partial charge in [0.25, 0.3) is 5.91 Å². The van der Waals surface area contributed by atoms with E-state index in [0.29, 0.717) is 18.8 Å². The Kier molecular flexibility index (Phi) is 7.35. The first-order valence-corrected chi connectivity index (χ1v) is 9.02. The number of ether oxygens (including phenoxy) is 1. The first-order valence-electron chi connectivity index (χ1n) is 9.02. The van der Waals surface area contributed by atoms with Crippen molar-refractivity contribution < 1.29 is 9.53 Å². The zero-order chi connectivity index (χ0) is 18.6. The number of carbonyl (C=O) groups is 1. The molecule has 0 saturated carbocycles. The van der Waals surface area contributed by atoms with E-state index < -0.39 is 0 Å². The third-order valence-corrected chi connectivity index (χ3v) is 5.13. The van der Waals surface area contributed by atoms with Crippen molar-refractivity contribution in [3.63, 3.8) is 0 Å². The Morgan fingerprint density at radius 3 is 2.56 bits per heavy atom. The van der Waals surface area contributed by atoms with Crippen molar-refractivity contribution in [3.8, 4) is 5.69 Å². The van der Waals surface area contributed by atoms with Crippen LogP contribution in [0.25, 0.3) is 5.69 Å². The molecular weight excluding hydrogens is 366 g/mol. The average Bonchev–Trinajstić information content (AvgIpc) is 3.03. The van der Waals surface area contributed by atoms with E-state index in [1.807, 2.05) is 38.1 Å². The summed E-state index contributed by atoms with van der Waals surface area (Å²) in [5.74, 6) is -0.185. The molecule has 2 heterocycles. The van der Waals surface area contributed by atoms with E-state index in [1.165, 1.54) is 5.56 Å². The number of aryl methyl sites for hydroxylation is 1. The van der Waals surface area contributed by atoms with Crippen LogP contribution < -0.4 is 10.6 Å². The number of halogens is 1. The number of hydrogen-bond acceptors (Lipinski definition) is 5. The monoisotopic (exact) mass is 393 g/mol. The van der Waals surface area contributed by atoms with Crippen molar-refractivity contribution in [3.05, 3.63) is 41.2 Å². The maximum Gasteiger partial charge on any atom is 0.273 e. The second-order valence-corrected chi connectivity index (χ2v) is 7.14. The van der Waals surface area contributed by atoms with E-state index in [0.717, 1.165) is 37.3 Å². The molecule has 0 aliphatic carbocycles. The van der Waals surface area contributed by atoms with Crippen molar-refractivity contribution in [2.45, 2.75) is 26.7 Å². The molecule has 0 bridgehead atoms. The average molecular weight is 394 g/mol. The second-order valence-electron chi connectivity index (χ2n) is 7.14. The molecule has 148 valence electrons.